The summed E-state index contributed by atoms with van der Waals surface area (Å²) < 4.78 is 0. The number of fused-ring (bicyclic) bond motifs is 3. The van der Waals surface area contributed by atoms with Crippen LogP contribution in [0.3, 0.4) is 0 Å². The van der Waals surface area contributed by atoms with Crippen LogP contribution in [0.5, 0.6) is 0 Å². The van der Waals surface area contributed by atoms with E-state index in [-0.39, 0.29) is 23.7 Å². The van der Waals surface area contributed by atoms with E-state index in [4.69, 9.17) is 0 Å². The number of hydrogen-bond donors (Lipinski definition) is 0. The van der Waals surface area contributed by atoms with Gasteiger partial charge in [0.05, 0.1) is 28.6 Å². The Hall–Kier alpha value is -3.08. The molecule has 0 N–H and O–H groups in total. The Kier molecular flexibility index (Phi) is 2.98. The van der Waals surface area contributed by atoms with Crippen molar-refractivity contribution in [1.29, 1.82) is 0 Å². The highest BCUT2D eigenvalue weighted by Gasteiger charge is 2.50. The first-order valence-corrected chi connectivity index (χ1v) is 8.38. The highest BCUT2D eigenvalue weighted by molar-refractivity contribution is 6.22. The summed E-state index contributed by atoms with van der Waals surface area (Å²) in [7, 11) is 0. The van der Waals surface area contributed by atoms with E-state index in [2.05, 4.69) is 9.97 Å². The first kappa shape index (κ1) is 14.3. The first-order chi connectivity index (χ1) is 12.2. The number of carbonyl (C=O) groups is 2. The molecule has 5 heteroatoms. The fourth-order valence-electron chi connectivity index (χ4n) is 4.03. The van der Waals surface area contributed by atoms with Gasteiger partial charge in [-0.1, -0.05) is 18.2 Å². The molecule has 1 aliphatic heterocycles. The summed E-state index contributed by atoms with van der Waals surface area (Å²) in [6, 6.07) is 13.2. The summed E-state index contributed by atoms with van der Waals surface area (Å²) in [5.41, 5.74) is 4.52. The Morgan fingerprint density at radius 2 is 1.32 bits per heavy atom. The number of carbonyl (C=O) groups excluding carboxylic acids is 2. The maximum absolute atomic E-state index is 12.9. The van der Waals surface area contributed by atoms with Crippen molar-refractivity contribution in [1.82, 2.24) is 9.97 Å². The van der Waals surface area contributed by atoms with E-state index < -0.39 is 0 Å². The van der Waals surface area contributed by atoms with Gasteiger partial charge in [-0.05, 0) is 48.2 Å². The van der Waals surface area contributed by atoms with Crippen LogP contribution in [0, 0.1) is 11.8 Å². The topological polar surface area (TPSA) is 63.2 Å². The predicted octanol–water partition coefficient (Wildman–Crippen LogP) is 2.53. The fourth-order valence-corrected chi connectivity index (χ4v) is 4.03. The smallest absolute Gasteiger partial charge is 0.238 e. The van der Waals surface area contributed by atoms with E-state index in [0.29, 0.717) is 18.5 Å². The molecule has 2 amide bonds. The van der Waals surface area contributed by atoms with Gasteiger partial charge < -0.3 is 0 Å². The van der Waals surface area contributed by atoms with Crippen molar-refractivity contribution in [2.75, 3.05) is 4.90 Å². The molecule has 25 heavy (non-hydrogen) atoms. The summed E-state index contributed by atoms with van der Waals surface area (Å²) in [5.74, 6) is -0.749. The second-order valence-electron chi connectivity index (χ2n) is 6.63. The van der Waals surface area contributed by atoms with Crippen molar-refractivity contribution in [3.05, 3.63) is 66.0 Å². The Bertz CT molecular complexity index is 953. The maximum atomic E-state index is 12.9. The molecule has 0 spiro atoms. The molecule has 1 aliphatic carbocycles. The predicted molar refractivity (Wildman–Crippen MR) is 92.9 cm³/mol. The van der Waals surface area contributed by atoms with Crippen LogP contribution in [0.15, 0.2) is 54.9 Å². The van der Waals surface area contributed by atoms with Gasteiger partial charge in [0.25, 0.3) is 0 Å². The fraction of sp³-hybridized carbons (Fsp3) is 0.200. The molecule has 2 atom stereocenters. The molecular formula is C20H15N3O2. The van der Waals surface area contributed by atoms with E-state index in [1.165, 1.54) is 4.90 Å². The van der Waals surface area contributed by atoms with Crippen molar-refractivity contribution in [3.8, 4) is 0 Å². The van der Waals surface area contributed by atoms with Crippen LogP contribution in [0.2, 0.25) is 0 Å². The summed E-state index contributed by atoms with van der Waals surface area (Å²) in [6.45, 7) is 0. The molecule has 3 aromatic rings. The van der Waals surface area contributed by atoms with Crippen LogP contribution in [-0.4, -0.2) is 21.8 Å². The Morgan fingerprint density at radius 3 is 1.84 bits per heavy atom. The lowest BCUT2D eigenvalue weighted by molar-refractivity contribution is -0.122. The SMILES string of the molecule is O=C1C2Cc3cc4nccnc4cc3CC2C(=O)N1c1ccccc1. The van der Waals surface area contributed by atoms with Crippen molar-refractivity contribution in [2.24, 2.45) is 11.8 Å². The minimum absolute atomic E-state index is 0.0916. The number of hydrogen-bond acceptors (Lipinski definition) is 4. The largest absolute Gasteiger partial charge is 0.274 e. The highest BCUT2D eigenvalue weighted by Crippen LogP contribution is 2.40. The monoisotopic (exact) mass is 329 g/mol. The van der Waals surface area contributed by atoms with Crippen molar-refractivity contribution < 1.29 is 9.59 Å². The third-order valence-corrected chi connectivity index (χ3v) is 5.25. The van der Waals surface area contributed by atoms with Crippen LogP contribution < -0.4 is 4.90 Å². The number of rotatable bonds is 1. The number of para-hydroxylation sites is 1. The van der Waals surface area contributed by atoms with Gasteiger partial charge in [0.1, 0.15) is 0 Å². The average Bonchev–Trinajstić information content (AvgIpc) is 2.89. The van der Waals surface area contributed by atoms with Gasteiger partial charge >= 0.3 is 0 Å². The third-order valence-electron chi connectivity index (χ3n) is 5.25. The molecule has 2 unspecified atom stereocenters. The van der Waals surface area contributed by atoms with E-state index in [1.807, 2.05) is 42.5 Å². The van der Waals surface area contributed by atoms with Gasteiger partial charge in [-0.2, -0.15) is 0 Å². The van der Waals surface area contributed by atoms with Gasteiger partial charge in [-0.25, -0.2) is 0 Å². The lowest BCUT2D eigenvalue weighted by Gasteiger charge is -2.24. The molecule has 0 saturated carbocycles. The average molecular weight is 329 g/mol. The Morgan fingerprint density at radius 1 is 0.800 bits per heavy atom. The minimum Gasteiger partial charge on any atom is -0.274 e. The number of amides is 2. The number of benzene rings is 2. The molecule has 0 bridgehead atoms. The van der Waals surface area contributed by atoms with E-state index in [0.717, 1.165) is 22.2 Å². The highest BCUT2D eigenvalue weighted by atomic mass is 16.2. The Labute approximate surface area is 144 Å². The Balaban J connectivity index is 1.56. The van der Waals surface area contributed by atoms with Crippen LogP contribution >= 0.6 is 0 Å². The van der Waals surface area contributed by atoms with Crippen molar-refractivity contribution >= 4 is 28.5 Å². The molecule has 1 fully saturated rings. The van der Waals surface area contributed by atoms with Crippen LogP contribution in [0.4, 0.5) is 5.69 Å². The molecule has 2 aliphatic rings. The zero-order valence-corrected chi connectivity index (χ0v) is 13.4. The standard InChI is InChI=1S/C20H15N3O2/c24-19-15-8-12-10-17-18(22-7-6-21-17)11-13(12)9-16(15)20(25)23(19)14-4-2-1-3-5-14/h1-7,10-11,15-16H,8-9H2. The van der Waals surface area contributed by atoms with E-state index >= 15 is 0 Å². The lowest BCUT2D eigenvalue weighted by Crippen LogP contribution is -2.30. The molecule has 0 radical (unpaired) electrons. The van der Waals surface area contributed by atoms with Crippen molar-refractivity contribution in [3.63, 3.8) is 0 Å². The summed E-state index contributed by atoms with van der Waals surface area (Å²) in [5, 5.41) is 0. The van der Waals surface area contributed by atoms with Gasteiger partial charge in [0.2, 0.25) is 11.8 Å². The summed E-state index contributed by atoms with van der Waals surface area (Å²) in [6.07, 6.45) is 4.50. The van der Waals surface area contributed by atoms with Gasteiger partial charge in [0.15, 0.2) is 0 Å². The van der Waals surface area contributed by atoms with E-state index in [1.54, 1.807) is 12.4 Å². The van der Waals surface area contributed by atoms with Crippen LogP contribution in [0.25, 0.3) is 11.0 Å². The van der Waals surface area contributed by atoms with Crippen LogP contribution in [-0.2, 0) is 22.4 Å². The molecule has 5 rings (SSSR count). The summed E-state index contributed by atoms with van der Waals surface area (Å²) in [4.78, 5) is 35.9. The number of anilines is 1. The maximum Gasteiger partial charge on any atom is 0.238 e. The third kappa shape index (κ3) is 2.09. The molecule has 122 valence electrons. The molecular weight excluding hydrogens is 314 g/mol. The van der Waals surface area contributed by atoms with Crippen molar-refractivity contribution in [2.45, 2.75) is 12.8 Å². The minimum atomic E-state index is -0.283. The zero-order valence-electron chi connectivity index (χ0n) is 13.4. The quantitative estimate of drug-likeness (QED) is 0.644. The second-order valence-corrected chi connectivity index (χ2v) is 6.63. The normalized spacial score (nSPS) is 22.2. The summed E-state index contributed by atoms with van der Waals surface area (Å²) >= 11 is 0. The molecule has 5 nitrogen and oxygen atoms in total. The molecule has 1 saturated heterocycles. The lowest BCUT2D eigenvalue weighted by atomic mass is 9.77. The van der Waals surface area contributed by atoms with Gasteiger partial charge in [0, 0.05) is 12.4 Å². The zero-order chi connectivity index (χ0) is 17.0. The van der Waals surface area contributed by atoms with Crippen LogP contribution in [0.1, 0.15) is 11.1 Å². The second kappa shape index (κ2) is 5.21. The van der Waals surface area contributed by atoms with Gasteiger partial charge in [-0.3, -0.25) is 24.5 Å². The molecule has 1 aromatic heterocycles. The first-order valence-electron chi connectivity index (χ1n) is 8.38. The number of nitrogens with zero attached hydrogens (tertiary/aromatic N) is 3. The molecule has 2 aromatic carbocycles. The number of aromatic nitrogens is 2. The number of imide groups is 1. The molecule has 2 heterocycles. The van der Waals surface area contributed by atoms with Gasteiger partial charge in [-0.15, -0.1) is 0 Å². The van der Waals surface area contributed by atoms with E-state index in [9.17, 15) is 9.59 Å².